The highest BCUT2D eigenvalue weighted by Gasteiger charge is 2.21. The number of nitrogens with zero attached hydrogens (tertiary/aromatic N) is 4. The van der Waals surface area contributed by atoms with Crippen molar-refractivity contribution in [1.82, 2.24) is 19.3 Å². The molecule has 0 aromatic carbocycles. The van der Waals surface area contributed by atoms with E-state index in [1.807, 2.05) is 0 Å². The minimum absolute atomic E-state index is 0.131. The van der Waals surface area contributed by atoms with Crippen molar-refractivity contribution in [2.45, 2.75) is 18.9 Å². The summed E-state index contributed by atoms with van der Waals surface area (Å²) in [6.07, 6.45) is 3.52. The van der Waals surface area contributed by atoms with Gasteiger partial charge in [0.1, 0.15) is 5.39 Å². The van der Waals surface area contributed by atoms with Crippen LogP contribution in [0.1, 0.15) is 18.9 Å². The normalized spacial score (nSPS) is 20.4. The molecule has 1 atom stereocenters. The third kappa shape index (κ3) is 1.72. The summed E-state index contributed by atoms with van der Waals surface area (Å²) in [5.41, 5.74) is 0.367. The number of halogens is 1. The number of hydrogen-bond acceptors (Lipinski definition) is 4. The maximum absolute atomic E-state index is 12.0. The van der Waals surface area contributed by atoms with Gasteiger partial charge in [-0.2, -0.15) is 10.1 Å². The maximum atomic E-state index is 12.0. The third-order valence-electron chi connectivity index (χ3n) is 3.26. The number of rotatable bonds is 1. The molecule has 0 saturated carbocycles. The van der Waals surface area contributed by atoms with Crippen LogP contribution in [0.4, 0.5) is 0 Å². The number of fused-ring (bicyclic) bond motifs is 1. The highest BCUT2D eigenvalue weighted by Crippen LogP contribution is 2.22. The van der Waals surface area contributed by atoms with Crippen molar-refractivity contribution < 1.29 is 4.74 Å². The van der Waals surface area contributed by atoms with E-state index in [-0.39, 0.29) is 16.9 Å². The lowest BCUT2D eigenvalue weighted by molar-refractivity contribution is 0.0563. The minimum atomic E-state index is -0.173. The molecule has 1 saturated heterocycles. The second-order valence-electron chi connectivity index (χ2n) is 4.44. The third-order valence-corrected chi connectivity index (χ3v) is 3.60. The predicted octanol–water partition coefficient (Wildman–Crippen LogP) is 1.13. The molecule has 0 unspecified atom stereocenters. The molecule has 1 aliphatic heterocycles. The Kier molecular flexibility index (Phi) is 2.83. The lowest BCUT2D eigenvalue weighted by atomic mass is 10.1. The summed E-state index contributed by atoms with van der Waals surface area (Å²) in [6.45, 7) is 1.39. The van der Waals surface area contributed by atoms with E-state index in [0.717, 1.165) is 19.4 Å². The molecule has 0 radical (unpaired) electrons. The van der Waals surface area contributed by atoms with E-state index in [1.54, 1.807) is 17.9 Å². The maximum Gasteiger partial charge on any atom is 0.265 e. The smallest absolute Gasteiger partial charge is 0.265 e. The summed E-state index contributed by atoms with van der Waals surface area (Å²) in [6, 6.07) is 0.131. The summed E-state index contributed by atoms with van der Waals surface area (Å²) >= 11 is 5.94. The standard InChI is InChI=1S/C11H13ClN4O2/c1-15-10(17)8-5-13-16(9(8)14-11(15)12)7-3-2-4-18-6-7/h5,7H,2-4,6H2,1H3/t7-/m0/s1. The molecule has 0 N–H and O–H groups in total. The average Bonchev–Trinajstić information content (AvgIpc) is 2.81. The van der Waals surface area contributed by atoms with Crippen molar-refractivity contribution in [2.75, 3.05) is 13.2 Å². The summed E-state index contributed by atoms with van der Waals surface area (Å²) in [7, 11) is 1.60. The molecule has 0 bridgehead atoms. The van der Waals surface area contributed by atoms with Crippen LogP contribution < -0.4 is 5.56 Å². The van der Waals surface area contributed by atoms with Crippen molar-refractivity contribution in [3.63, 3.8) is 0 Å². The van der Waals surface area contributed by atoms with Crippen molar-refractivity contribution in [1.29, 1.82) is 0 Å². The van der Waals surface area contributed by atoms with Crippen LogP contribution in [0.3, 0.4) is 0 Å². The van der Waals surface area contributed by atoms with Crippen molar-refractivity contribution in [2.24, 2.45) is 7.05 Å². The van der Waals surface area contributed by atoms with Gasteiger partial charge in [0.25, 0.3) is 5.56 Å². The lowest BCUT2D eigenvalue weighted by Crippen LogP contribution is -2.23. The Morgan fingerprint density at radius 1 is 1.56 bits per heavy atom. The first-order chi connectivity index (χ1) is 8.68. The van der Waals surface area contributed by atoms with Crippen LogP contribution in [-0.2, 0) is 11.8 Å². The molecule has 0 spiro atoms. The Bertz CT molecular complexity index is 642. The SMILES string of the molecule is Cn1c(Cl)nc2c(cnn2[C@H]2CCCOC2)c1=O. The fourth-order valence-corrected chi connectivity index (χ4v) is 2.39. The van der Waals surface area contributed by atoms with Gasteiger partial charge < -0.3 is 4.74 Å². The van der Waals surface area contributed by atoms with Gasteiger partial charge in [0.15, 0.2) is 5.65 Å². The van der Waals surface area contributed by atoms with Gasteiger partial charge in [0.2, 0.25) is 5.28 Å². The molecule has 7 heteroatoms. The topological polar surface area (TPSA) is 61.9 Å². The first kappa shape index (κ1) is 11.7. The zero-order valence-electron chi connectivity index (χ0n) is 9.97. The zero-order valence-corrected chi connectivity index (χ0v) is 10.7. The summed E-state index contributed by atoms with van der Waals surface area (Å²) in [4.78, 5) is 16.2. The van der Waals surface area contributed by atoms with Crippen LogP contribution in [0, 0.1) is 0 Å². The van der Waals surface area contributed by atoms with E-state index < -0.39 is 0 Å². The van der Waals surface area contributed by atoms with Gasteiger partial charge >= 0.3 is 0 Å². The van der Waals surface area contributed by atoms with Gasteiger partial charge in [0.05, 0.1) is 18.8 Å². The first-order valence-corrected chi connectivity index (χ1v) is 6.24. The van der Waals surface area contributed by atoms with E-state index in [2.05, 4.69) is 10.1 Å². The first-order valence-electron chi connectivity index (χ1n) is 5.86. The van der Waals surface area contributed by atoms with E-state index in [1.165, 1.54) is 4.57 Å². The minimum Gasteiger partial charge on any atom is -0.379 e. The molecule has 2 aromatic rings. The van der Waals surface area contributed by atoms with E-state index in [4.69, 9.17) is 16.3 Å². The molecule has 2 aromatic heterocycles. The second-order valence-corrected chi connectivity index (χ2v) is 4.78. The monoisotopic (exact) mass is 268 g/mol. The Hall–Kier alpha value is -1.40. The van der Waals surface area contributed by atoms with E-state index in [0.29, 0.717) is 17.6 Å². The number of hydrogen-bond donors (Lipinski definition) is 0. The van der Waals surface area contributed by atoms with Crippen molar-refractivity contribution >= 4 is 22.6 Å². The molecule has 3 heterocycles. The molecular formula is C11H13ClN4O2. The van der Waals surface area contributed by atoms with Crippen molar-refractivity contribution in [3.8, 4) is 0 Å². The fourth-order valence-electron chi connectivity index (χ4n) is 2.23. The van der Waals surface area contributed by atoms with Crippen LogP contribution in [0.2, 0.25) is 5.28 Å². The average molecular weight is 269 g/mol. The van der Waals surface area contributed by atoms with E-state index >= 15 is 0 Å². The van der Waals surface area contributed by atoms with Gasteiger partial charge in [-0.1, -0.05) is 0 Å². The van der Waals surface area contributed by atoms with Gasteiger partial charge in [-0.15, -0.1) is 0 Å². The highest BCUT2D eigenvalue weighted by atomic mass is 35.5. The Morgan fingerprint density at radius 3 is 3.11 bits per heavy atom. The van der Waals surface area contributed by atoms with Gasteiger partial charge in [0, 0.05) is 13.7 Å². The summed E-state index contributed by atoms with van der Waals surface area (Å²) in [5.74, 6) is 0. The molecular weight excluding hydrogens is 256 g/mol. The number of aromatic nitrogens is 4. The van der Waals surface area contributed by atoms with Crippen molar-refractivity contribution in [3.05, 3.63) is 21.8 Å². The Morgan fingerprint density at radius 2 is 2.39 bits per heavy atom. The second kappa shape index (κ2) is 4.37. The van der Waals surface area contributed by atoms with Crippen LogP contribution in [-0.4, -0.2) is 32.5 Å². The lowest BCUT2D eigenvalue weighted by Gasteiger charge is -2.22. The van der Waals surface area contributed by atoms with Gasteiger partial charge in [-0.3, -0.25) is 9.36 Å². The fraction of sp³-hybridized carbons (Fsp3) is 0.545. The molecule has 1 fully saturated rings. The van der Waals surface area contributed by atoms with E-state index in [9.17, 15) is 4.79 Å². The summed E-state index contributed by atoms with van der Waals surface area (Å²) < 4.78 is 8.50. The zero-order chi connectivity index (χ0) is 12.7. The molecule has 3 rings (SSSR count). The Labute approximate surface area is 108 Å². The Balaban J connectivity index is 2.17. The quantitative estimate of drug-likeness (QED) is 0.728. The van der Waals surface area contributed by atoms with Crippen LogP contribution in [0.5, 0.6) is 0 Å². The number of ether oxygens (including phenoxy) is 1. The molecule has 96 valence electrons. The van der Waals surface area contributed by atoms with Gasteiger partial charge in [-0.25, -0.2) is 4.68 Å². The van der Waals surface area contributed by atoms with Crippen LogP contribution >= 0.6 is 11.6 Å². The molecule has 18 heavy (non-hydrogen) atoms. The summed E-state index contributed by atoms with van der Waals surface area (Å²) in [5, 5.41) is 4.93. The largest absolute Gasteiger partial charge is 0.379 e. The van der Waals surface area contributed by atoms with Crippen LogP contribution in [0.15, 0.2) is 11.0 Å². The molecule has 0 amide bonds. The molecule has 1 aliphatic rings. The highest BCUT2D eigenvalue weighted by molar-refractivity contribution is 6.28. The van der Waals surface area contributed by atoms with Gasteiger partial charge in [-0.05, 0) is 24.4 Å². The van der Waals surface area contributed by atoms with Crippen LogP contribution in [0.25, 0.3) is 11.0 Å². The predicted molar refractivity (Wildman–Crippen MR) is 66.9 cm³/mol. The molecule has 0 aliphatic carbocycles. The molecule has 6 nitrogen and oxygen atoms in total.